The van der Waals surface area contributed by atoms with Gasteiger partial charge in [-0.25, -0.2) is 4.98 Å². The Kier molecular flexibility index (Phi) is 2.04. The molecule has 0 unspecified atom stereocenters. The van der Waals surface area contributed by atoms with Crippen LogP contribution in [0.3, 0.4) is 0 Å². The maximum atomic E-state index is 10.1. The number of thiazole rings is 1. The van der Waals surface area contributed by atoms with Crippen molar-refractivity contribution in [3.05, 3.63) is 22.2 Å². The van der Waals surface area contributed by atoms with Gasteiger partial charge in [0.25, 0.3) is 0 Å². The van der Waals surface area contributed by atoms with Gasteiger partial charge in [0.1, 0.15) is 6.29 Å². The number of carbonyl (C=O) groups is 1. The fourth-order valence-electron chi connectivity index (χ4n) is 1.18. The van der Waals surface area contributed by atoms with Gasteiger partial charge in [-0.2, -0.15) is 0 Å². The van der Waals surface area contributed by atoms with E-state index in [1.807, 2.05) is 11.6 Å². The molecule has 1 heterocycles. The molecule has 0 spiro atoms. The lowest BCUT2D eigenvalue weighted by molar-refractivity contribution is -0.104. The molecule has 62 valence electrons. The van der Waals surface area contributed by atoms with Crippen LogP contribution in [0.1, 0.15) is 29.3 Å². The molecule has 3 heteroatoms. The second kappa shape index (κ2) is 3.19. The predicted octanol–water partition coefficient (Wildman–Crippen LogP) is 2.23. The van der Waals surface area contributed by atoms with Gasteiger partial charge in [0.05, 0.1) is 16.1 Å². The van der Waals surface area contributed by atoms with Crippen molar-refractivity contribution in [2.24, 2.45) is 0 Å². The molecule has 0 N–H and O–H groups in total. The average molecular weight is 179 g/mol. The van der Waals surface area contributed by atoms with Gasteiger partial charge in [-0.05, 0) is 25.0 Å². The summed E-state index contributed by atoms with van der Waals surface area (Å²) in [5.41, 5.74) is 3.02. The highest BCUT2D eigenvalue weighted by atomic mass is 32.1. The summed E-state index contributed by atoms with van der Waals surface area (Å²) in [6.07, 6.45) is 6.69. The van der Waals surface area contributed by atoms with Crippen molar-refractivity contribution in [2.75, 3.05) is 0 Å². The third-order valence-electron chi connectivity index (χ3n) is 1.91. The fourth-order valence-corrected chi connectivity index (χ4v) is 1.96. The number of nitrogens with zero attached hydrogens (tertiary/aromatic N) is 1. The number of aromatic nitrogens is 1. The van der Waals surface area contributed by atoms with Crippen LogP contribution in [0.4, 0.5) is 0 Å². The lowest BCUT2D eigenvalue weighted by atomic mass is 10.2. The monoisotopic (exact) mass is 179 g/mol. The van der Waals surface area contributed by atoms with Gasteiger partial charge in [-0.3, -0.25) is 4.79 Å². The topological polar surface area (TPSA) is 30.0 Å². The van der Waals surface area contributed by atoms with Crippen LogP contribution < -0.4 is 0 Å². The van der Waals surface area contributed by atoms with Gasteiger partial charge in [-0.1, -0.05) is 0 Å². The van der Waals surface area contributed by atoms with Crippen LogP contribution in [0, 0.1) is 0 Å². The van der Waals surface area contributed by atoms with Crippen molar-refractivity contribution in [3.8, 4) is 0 Å². The zero-order chi connectivity index (χ0) is 8.39. The minimum absolute atomic E-state index is 0.669. The second-order valence-electron chi connectivity index (χ2n) is 2.87. The average Bonchev–Trinajstić information content (AvgIpc) is 2.83. The lowest BCUT2D eigenvalue weighted by Gasteiger charge is -1.90. The van der Waals surface area contributed by atoms with E-state index < -0.39 is 0 Å². The molecule has 1 aliphatic rings. The molecule has 1 fully saturated rings. The Labute approximate surface area is 74.9 Å². The van der Waals surface area contributed by atoms with E-state index in [-0.39, 0.29) is 0 Å². The van der Waals surface area contributed by atoms with Gasteiger partial charge in [0.15, 0.2) is 0 Å². The molecule has 0 radical (unpaired) electrons. The van der Waals surface area contributed by atoms with Crippen LogP contribution in [0.5, 0.6) is 0 Å². The van der Waals surface area contributed by atoms with Crippen LogP contribution in [0.2, 0.25) is 0 Å². The van der Waals surface area contributed by atoms with Crippen molar-refractivity contribution < 1.29 is 4.79 Å². The third-order valence-corrected chi connectivity index (χ3v) is 2.72. The number of hydrogen-bond acceptors (Lipinski definition) is 3. The van der Waals surface area contributed by atoms with Gasteiger partial charge < -0.3 is 0 Å². The summed E-state index contributed by atoms with van der Waals surface area (Å²) in [6, 6.07) is 0. The van der Waals surface area contributed by atoms with Crippen molar-refractivity contribution in [2.45, 2.75) is 18.8 Å². The Bertz CT molecular complexity index is 312. The molecular weight excluding hydrogens is 170 g/mol. The Balaban J connectivity index is 2.23. The van der Waals surface area contributed by atoms with Gasteiger partial charge in [0.2, 0.25) is 0 Å². The first-order valence-corrected chi connectivity index (χ1v) is 4.85. The largest absolute Gasteiger partial charge is 0.299 e. The molecule has 1 aromatic rings. The molecule has 0 bridgehead atoms. The van der Waals surface area contributed by atoms with Crippen molar-refractivity contribution >= 4 is 23.7 Å². The minimum atomic E-state index is 0.669. The summed E-state index contributed by atoms with van der Waals surface area (Å²) in [4.78, 5) is 15.5. The molecule has 1 aliphatic carbocycles. The normalized spacial score (nSPS) is 17.0. The molecule has 0 aromatic carbocycles. The predicted molar refractivity (Wildman–Crippen MR) is 49.2 cm³/mol. The Morgan fingerprint density at radius 1 is 1.58 bits per heavy atom. The summed E-state index contributed by atoms with van der Waals surface area (Å²) in [5.74, 6) is 0.669. The number of aldehydes is 1. The second-order valence-corrected chi connectivity index (χ2v) is 3.76. The highest BCUT2D eigenvalue weighted by molar-refractivity contribution is 7.10. The van der Waals surface area contributed by atoms with Crippen LogP contribution in [0.15, 0.2) is 11.6 Å². The highest BCUT2D eigenvalue weighted by Crippen LogP contribution is 2.42. The number of hydrogen-bond donors (Lipinski definition) is 0. The molecule has 2 rings (SSSR count). The summed E-state index contributed by atoms with van der Waals surface area (Å²) in [5, 5.41) is 0. The third kappa shape index (κ3) is 1.46. The molecule has 0 aliphatic heterocycles. The van der Waals surface area contributed by atoms with Gasteiger partial charge in [0, 0.05) is 5.92 Å². The smallest absolute Gasteiger partial charge is 0.142 e. The number of carbonyl (C=O) groups excluding carboxylic acids is 1. The van der Waals surface area contributed by atoms with E-state index in [2.05, 4.69) is 4.98 Å². The molecule has 1 saturated carbocycles. The first-order chi connectivity index (χ1) is 5.92. The Morgan fingerprint density at radius 3 is 3.08 bits per heavy atom. The number of rotatable bonds is 3. The molecule has 0 saturated heterocycles. The standard InChI is InChI=1S/C9H9NOS/c11-5-1-2-8-9(7-3-4-7)10-6-12-8/h1-2,5-7H,3-4H2/b2-1+. The molecule has 0 amide bonds. The zero-order valence-corrected chi connectivity index (χ0v) is 7.38. The molecular formula is C9H9NOS. The molecule has 2 nitrogen and oxygen atoms in total. The minimum Gasteiger partial charge on any atom is -0.299 e. The van der Waals surface area contributed by atoms with Crippen LogP contribution >= 0.6 is 11.3 Å². The van der Waals surface area contributed by atoms with Gasteiger partial charge >= 0.3 is 0 Å². The number of allylic oxidation sites excluding steroid dienone is 1. The van der Waals surface area contributed by atoms with E-state index in [4.69, 9.17) is 0 Å². The van der Waals surface area contributed by atoms with E-state index in [0.717, 1.165) is 11.2 Å². The maximum Gasteiger partial charge on any atom is 0.142 e. The maximum absolute atomic E-state index is 10.1. The zero-order valence-electron chi connectivity index (χ0n) is 6.56. The Morgan fingerprint density at radius 2 is 2.42 bits per heavy atom. The van der Waals surface area contributed by atoms with Crippen molar-refractivity contribution in [1.82, 2.24) is 4.98 Å². The van der Waals surface area contributed by atoms with E-state index in [1.165, 1.54) is 24.6 Å². The summed E-state index contributed by atoms with van der Waals surface area (Å²) in [6.45, 7) is 0. The van der Waals surface area contributed by atoms with E-state index >= 15 is 0 Å². The molecule has 12 heavy (non-hydrogen) atoms. The first-order valence-electron chi connectivity index (χ1n) is 3.97. The van der Waals surface area contributed by atoms with Crippen molar-refractivity contribution in [1.29, 1.82) is 0 Å². The van der Waals surface area contributed by atoms with Crippen molar-refractivity contribution in [3.63, 3.8) is 0 Å². The van der Waals surface area contributed by atoms with Crippen LogP contribution in [0.25, 0.3) is 6.08 Å². The lowest BCUT2D eigenvalue weighted by Crippen LogP contribution is -1.80. The fraction of sp³-hybridized carbons (Fsp3) is 0.333. The summed E-state index contributed by atoms with van der Waals surface area (Å²) < 4.78 is 0. The SMILES string of the molecule is O=C/C=C/c1scnc1C1CC1. The molecule has 1 aromatic heterocycles. The molecule has 0 atom stereocenters. The van der Waals surface area contributed by atoms with E-state index in [9.17, 15) is 4.79 Å². The summed E-state index contributed by atoms with van der Waals surface area (Å²) in [7, 11) is 0. The summed E-state index contributed by atoms with van der Waals surface area (Å²) >= 11 is 1.60. The quantitative estimate of drug-likeness (QED) is 0.526. The van der Waals surface area contributed by atoms with Crippen LogP contribution in [-0.2, 0) is 4.79 Å². The van der Waals surface area contributed by atoms with E-state index in [1.54, 1.807) is 11.3 Å². The highest BCUT2D eigenvalue weighted by Gasteiger charge is 2.27. The van der Waals surface area contributed by atoms with E-state index in [0.29, 0.717) is 5.92 Å². The Hall–Kier alpha value is -0.960. The van der Waals surface area contributed by atoms with Crippen LogP contribution in [-0.4, -0.2) is 11.3 Å². The van der Waals surface area contributed by atoms with Gasteiger partial charge in [-0.15, -0.1) is 11.3 Å². The first kappa shape index (κ1) is 7.68.